The minimum Gasteiger partial charge on any atom is -0.389 e. The lowest BCUT2D eigenvalue weighted by molar-refractivity contribution is -0.139. The smallest absolute Gasteiger partial charge is 0.242 e. The second-order valence-corrected chi connectivity index (χ2v) is 9.62. The molecule has 2 amide bonds. The third-order valence-electron chi connectivity index (χ3n) is 5.93. The van der Waals surface area contributed by atoms with E-state index < -0.39 is 17.3 Å². The topological polar surface area (TPSA) is 147 Å². The summed E-state index contributed by atoms with van der Waals surface area (Å²) < 4.78 is 0. The lowest BCUT2D eigenvalue weighted by Gasteiger charge is -2.37. The van der Waals surface area contributed by atoms with Crippen LogP contribution >= 0.6 is 11.8 Å². The minimum atomic E-state index is -0.775. The number of hydrogen-bond acceptors (Lipinski definition) is 8. The summed E-state index contributed by atoms with van der Waals surface area (Å²) in [6.07, 6.45) is 1.19. The predicted octanol–water partition coefficient (Wildman–Crippen LogP) is 1.66. The molecule has 34 heavy (non-hydrogen) atoms. The molecule has 0 spiro atoms. The largest absolute Gasteiger partial charge is 0.389 e. The Morgan fingerprint density at radius 3 is 2.41 bits per heavy atom. The molecule has 0 bridgehead atoms. The van der Waals surface area contributed by atoms with Crippen molar-refractivity contribution in [3.05, 3.63) is 52.6 Å². The van der Waals surface area contributed by atoms with E-state index >= 15 is 0 Å². The van der Waals surface area contributed by atoms with Crippen LogP contribution in [0, 0.1) is 22.7 Å². The van der Waals surface area contributed by atoms with Gasteiger partial charge < -0.3 is 20.6 Å². The summed E-state index contributed by atoms with van der Waals surface area (Å²) in [6.45, 7) is 0.529. The molecule has 174 valence electrons. The molecule has 2 aliphatic rings. The van der Waals surface area contributed by atoms with Crippen LogP contribution in [0.2, 0.25) is 0 Å². The molecule has 1 aromatic carbocycles. The van der Waals surface area contributed by atoms with E-state index in [4.69, 9.17) is 5.73 Å². The molecule has 1 unspecified atom stereocenters. The van der Waals surface area contributed by atoms with Crippen LogP contribution in [0.4, 0.5) is 5.82 Å². The number of likely N-dealkylation sites (tertiary alicyclic amines) is 1. The highest BCUT2D eigenvalue weighted by atomic mass is 32.2. The molecule has 3 N–H and O–H groups in total. The summed E-state index contributed by atoms with van der Waals surface area (Å²) in [6, 6.07) is 13.4. The molecule has 10 heteroatoms. The van der Waals surface area contributed by atoms with Gasteiger partial charge in [0.25, 0.3) is 0 Å². The first-order valence-corrected chi connectivity index (χ1v) is 11.8. The summed E-state index contributed by atoms with van der Waals surface area (Å²) in [5, 5.41) is 29.0. The number of β-amino-alcohol motifs (C(OH)–C–C–N with tert-alkyl or cyclic N) is 1. The van der Waals surface area contributed by atoms with Gasteiger partial charge in [0.05, 0.1) is 23.8 Å². The molecule has 4 rings (SSSR count). The zero-order chi connectivity index (χ0) is 24.4. The van der Waals surface area contributed by atoms with Crippen LogP contribution in [0.25, 0.3) is 0 Å². The quantitative estimate of drug-likeness (QED) is 0.547. The van der Waals surface area contributed by atoms with Gasteiger partial charge in [-0.15, -0.1) is 0 Å². The third-order valence-corrected chi connectivity index (χ3v) is 7.19. The molecule has 1 atom stereocenters. The normalized spacial score (nSPS) is 16.2. The van der Waals surface area contributed by atoms with Gasteiger partial charge in [0.15, 0.2) is 0 Å². The zero-order valence-electron chi connectivity index (χ0n) is 18.6. The summed E-state index contributed by atoms with van der Waals surface area (Å²) in [5.74, 6) is -0.412. The number of carbonyl (C=O) groups excluding carboxylic acids is 2. The third kappa shape index (κ3) is 4.69. The van der Waals surface area contributed by atoms with E-state index in [0.717, 1.165) is 24.6 Å². The van der Waals surface area contributed by atoms with E-state index in [9.17, 15) is 25.2 Å². The summed E-state index contributed by atoms with van der Waals surface area (Å²) in [7, 11) is 1.66. The van der Waals surface area contributed by atoms with Crippen molar-refractivity contribution >= 4 is 29.4 Å². The molecule has 2 heterocycles. The number of nitriles is 2. The van der Waals surface area contributed by atoms with Crippen LogP contribution in [0.5, 0.6) is 0 Å². The Labute approximate surface area is 201 Å². The molecule has 1 aliphatic heterocycles. The number of amides is 2. The fraction of sp³-hybridized carbons (Fsp3) is 0.375. The van der Waals surface area contributed by atoms with Gasteiger partial charge in [-0.2, -0.15) is 10.5 Å². The minimum absolute atomic E-state index is 0.0353. The van der Waals surface area contributed by atoms with Gasteiger partial charge in [-0.3, -0.25) is 9.59 Å². The number of aliphatic hydroxyl groups is 1. The molecule has 0 radical (unpaired) electrons. The van der Waals surface area contributed by atoms with Gasteiger partial charge in [0, 0.05) is 20.1 Å². The lowest BCUT2D eigenvalue weighted by atomic mass is 10.00. The van der Waals surface area contributed by atoms with Crippen molar-refractivity contribution in [2.75, 3.05) is 31.6 Å². The average Bonchev–Trinajstić information content (AvgIpc) is 3.64. The van der Waals surface area contributed by atoms with Crippen molar-refractivity contribution < 1.29 is 14.7 Å². The van der Waals surface area contributed by atoms with Crippen molar-refractivity contribution in [1.82, 2.24) is 9.88 Å². The molecule has 2 aromatic rings. The number of thioether (sulfide) groups is 1. The number of aliphatic hydroxyl groups excluding tert-OH is 1. The van der Waals surface area contributed by atoms with Crippen LogP contribution in [-0.4, -0.2) is 59.6 Å². The standard InChI is InChI=1S/C24H24N6O3S/c1-29(13-19(32)30-11-16(31)12-30)23-17(9-25)20(14-7-8-14)18(10-26)24(28-23)34-21(22(27)33)15-5-3-2-4-6-15/h2-6,14,16,21,31H,7-8,11-13H2,1H3,(H2,27,33). The van der Waals surface area contributed by atoms with Gasteiger partial charge in [0.2, 0.25) is 11.8 Å². The van der Waals surface area contributed by atoms with E-state index in [0.29, 0.717) is 16.2 Å². The highest BCUT2D eigenvalue weighted by molar-refractivity contribution is 8.00. The maximum absolute atomic E-state index is 12.6. The molecule has 1 aromatic heterocycles. The summed E-state index contributed by atoms with van der Waals surface area (Å²) in [5.41, 5.74) is 7.56. The van der Waals surface area contributed by atoms with Crippen LogP contribution in [0.1, 0.15) is 46.3 Å². The number of nitrogens with zero attached hydrogens (tertiary/aromatic N) is 5. The van der Waals surface area contributed by atoms with Crippen molar-refractivity contribution in [3.63, 3.8) is 0 Å². The molecular weight excluding hydrogens is 452 g/mol. The van der Waals surface area contributed by atoms with Gasteiger partial charge in [-0.25, -0.2) is 4.98 Å². The highest BCUT2D eigenvalue weighted by Gasteiger charge is 2.36. The number of carbonyl (C=O) groups is 2. The van der Waals surface area contributed by atoms with Crippen molar-refractivity contribution in [3.8, 4) is 12.1 Å². The highest BCUT2D eigenvalue weighted by Crippen LogP contribution is 2.48. The van der Waals surface area contributed by atoms with Crippen LogP contribution in [0.15, 0.2) is 35.4 Å². The first-order valence-electron chi connectivity index (χ1n) is 10.9. The van der Waals surface area contributed by atoms with Crippen LogP contribution in [0.3, 0.4) is 0 Å². The molecule has 1 saturated carbocycles. The fourth-order valence-corrected chi connectivity index (χ4v) is 5.04. The average molecular weight is 477 g/mol. The van der Waals surface area contributed by atoms with Crippen molar-refractivity contribution in [1.29, 1.82) is 10.5 Å². The Bertz CT molecular complexity index is 1200. The predicted molar refractivity (Wildman–Crippen MR) is 126 cm³/mol. The maximum Gasteiger partial charge on any atom is 0.242 e. The maximum atomic E-state index is 12.6. The monoisotopic (exact) mass is 476 g/mol. The Kier molecular flexibility index (Phi) is 6.73. The summed E-state index contributed by atoms with van der Waals surface area (Å²) >= 11 is 1.08. The number of nitrogens with two attached hydrogens (primary N) is 1. The molecular formula is C24H24N6O3S. The number of benzene rings is 1. The second kappa shape index (κ2) is 9.72. The first-order chi connectivity index (χ1) is 16.3. The number of anilines is 1. The van der Waals surface area contributed by atoms with Gasteiger partial charge in [0.1, 0.15) is 28.2 Å². The number of rotatable bonds is 8. The number of aromatic nitrogens is 1. The second-order valence-electron chi connectivity index (χ2n) is 8.52. The number of pyridine rings is 1. The molecule has 2 fully saturated rings. The van der Waals surface area contributed by atoms with Gasteiger partial charge >= 0.3 is 0 Å². The van der Waals surface area contributed by atoms with E-state index in [2.05, 4.69) is 17.1 Å². The Morgan fingerprint density at radius 1 is 1.24 bits per heavy atom. The Hall–Kier alpha value is -3.60. The van der Waals surface area contributed by atoms with E-state index in [-0.39, 0.29) is 48.4 Å². The van der Waals surface area contributed by atoms with Crippen LogP contribution < -0.4 is 10.6 Å². The van der Waals surface area contributed by atoms with Crippen molar-refractivity contribution in [2.24, 2.45) is 5.73 Å². The van der Waals surface area contributed by atoms with Gasteiger partial charge in [-0.1, -0.05) is 42.1 Å². The SMILES string of the molecule is CN(CC(=O)N1CC(O)C1)c1nc(SC(C(N)=O)c2ccccc2)c(C#N)c(C2CC2)c1C#N. The lowest BCUT2D eigenvalue weighted by Crippen LogP contribution is -2.55. The van der Waals surface area contributed by atoms with Gasteiger partial charge in [-0.05, 0) is 29.9 Å². The number of primary amides is 1. The van der Waals surface area contributed by atoms with E-state index in [1.54, 1.807) is 36.2 Å². The first kappa shape index (κ1) is 23.6. The number of hydrogen-bond donors (Lipinski definition) is 2. The molecule has 9 nitrogen and oxygen atoms in total. The fourth-order valence-electron chi connectivity index (χ4n) is 4.00. The van der Waals surface area contributed by atoms with Crippen molar-refractivity contribution in [2.45, 2.75) is 35.1 Å². The van der Waals surface area contributed by atoms with E-state index in [1.165, 1.54) is 4.90 Å². The summed E-state index contributed by atoms with van der Waals surface area (Å²) in [4.78, 5) is 32.7. The van der Waals surface area contributed by atoms with Crippen LogP contribution in [-0.2, 0) is 9.59 Å². The zero-order valence-corrected chi connectivity index (χ0v) is 19.5. The van der Waals surface area contributed by atoms with E-state index in [1.807, 2.05) is 6.07 Å². The number of likely N-dealkylation sites (N-methyl/N-ethyl adjacent to an activating group) is 1. The molecule has 1 aliphatic carbocycles. The molecule has 1 saturated heterocycles. The Morgan fingerprint density at radius 2 is 1.88 bits per heavy atom. The Balaban J connectivity index is 1.75.